The zero-order valence-electron chi connectivity index (χ0n) is 29.3. The van der Waals surface area contributed by atoms with Gasteiger partial charge in [0.05, 0.1) is 38.1 Å². The first-order valence-electron chi connectivity index (χ1n) is 17.4. The third-order valence-electron chi connectivity index (χ3n) is 9.16. The summed E-state index contributed by atoms with van der Waals surface area (Å²) in [4.78, 5) is 0. The van der Waals surface area contributed by atoms with E-state index in [1.54, 1.807) is 6.08 Å². The maximum absolute atomic E-state index is 7.52. The lowest BCUT2D eigenvalue weighted by Crippen LogP contribution is -2.79. The number of ether oxygens (including phenoxy) is 5. The van der Waals surface area contributed by atoms with Gasteiger partial charge in [0, 0.05) is 0 Å². The lowest BCUT2D eigenvalue weighted by atomic mass is 9.96. The van der Waals surface area contributed by atoms with Gasteiger partial charge in [0.25, 0.3) is 0 Å². The minimum Gasteiger partial charge on any atom is -0.373 e. The summed E-state index contributed by atoms with van der Waals surface area (Å²) < 4.78 is 34.5. The Kier molecular flexibility index (Phi) is 11.8. The largest absolute Gasteiger partial charge is 0.373 e. The Morgan fingerprint density at radius 1 is 0.720 bits per heavy atom. The average molecular weight is 688 g/mol. The molecule has 1 aliphatic heterocycles. The van der Waals surface area contributed by atoms with Crippen LogP contribution in [0.1, 0.15) is 31.9 Å². The van der Waals surface area contributed by atoms with E-state index in [1.165, 1.54) is 5.39 Å². The van der Waals surface area contributed by atoms with Crippen LogP contribution >= 0.6 is 0 Å². The first kappa shape index (κ1) is 35.9. The standard InChI is InChI=1S/C43H49NO5Si/c1-5-27-47-43(50(36-21-11-7-12-22-36)37-23-13-8-14-24-37)41(44)40(46-29-32-17-9-6-10-18-32)39(38(49-43)31-48-42(2,3)4)45-30-33-25-26-34-19-15-16-20-35(34)28-33/h5-26,28,38-41,50H,1,27,29-31,44H2,2-4H3/t38-,39-,40-,41+,43-/m0/s1. The molecule has 0 unspecified atom stereocenters. The monoisotopic (exact) mass is 687 g/mol. The molecule has 0 bridgehead atoms. The highest BCUT2D eigenvalue weighted by Crippen LogP contribution is 2.37. The van der Waals surface area contributed by atoms with Crippen LogP contribution in [0.2, 0.25) is 0 Å². The van der Waals surface area contributed by atoms with E-state index in [-0.39, 0.29) is 13.2 Å². The Morgan fingerprint density at radius 2 is 1.28 bits per heavy atom. The van der Waals surface area contributed by atoms with Crippen molar-refractivity contribution in [2.24, 2.45) is 5.73 Å². The Balaban J connectivity index is 1.45. The van der Waals surface area contributed by atoms with Crippen molar-refractivity contribution in [2.45, 2.75) is 69.4 Å². The first-order valence-corrected chi connectivity index (χ1v) is 19.2. The van der Waals surface area contributed by atoms with Gasteiger partial charge in [0.15, 0.2) is 14.2 Å². The minimum atomic E-state index is -2.44. The van der Waals surface area contributed by atoms with Crippen LogP contribution in [0.15, 0.2) is 146 Å². The van der Waals surface area contributed by atoms with Crippen LogP contribution in [0.4, 0.5) is 0 Å². The molecule has 1 fully saturated rings. The van der Waals surface area contributed by atoms with Crippen LogP contribution in [-0.4, -0.2) is 57.4 Å². The van der Waals surface area contributed by atoms with Gasteiger partial charge in [-0.1, -0.05) is 144 Å². The van der Waals surface area contributed by atoms with Gasteiger partial charge in [-0.25, -0.2) is 0 Å². The molecule has 1 heterocycles. The topological polar surface area (TPSA) is 72.2 Å². The van der Waals surface area contributed by atoms with E-state index in [0.717, 1.165) is 26.9 Å². The molecule has 5 aromatic carbocycles. The number of hydrogen-bond donors (Lipinski definition) is 1. The molecule has 6 rings (SSSR count). The summed E-state index contributed by atoms with van der Waals surface area (Å²) in [5.41, 5.74) is 7.95. The summed E-state index contributed by atoms with van der Waals surface area (Å²) in [7, 11) is -2.44. The lowest BCUT2D eigenvalue weighted by Gasteiger charge is -2.54. The molecule has 0 amide bonds. The van der Waals surface area contributed by atoms with E-state index in [0.29, 0.717) is 13.2 Å². The molecule has 6 nitrogen and oxygen atoms in total. The van der Waals surface area contributed by atoms with E-state index in [1.807, 2.05) is 51.1 Å². The maximum Gasteiger partial charge on any atom is 0.175 e. The summed E-state index contributed by atoms with van der Waals surface area (Å²) in [5.74, 6) is 0. The van der Waals surface area contributed by atoms with Gasteiger partial charge in [0.2, 0.25) is 0 Å². The molecule has 1 saturated heterocycles. The van der Waals surface area contributed by atoms with Crippen LogP contribution in [0, 0.1) is 0 Å². The number of rotatable bonds is 14. The molecule has 0 aliphatic carbocycles. The van der Waals surface area contributed by atoms with Gasteiger partial charge in [-0.3, -0.25) is 0 Å². The quantitative estimate of drug-likeness (QED) is 0.109. The smallest absolute Gasteiger partial charge is 0.175 e. The highest BCUT2D eigenvalue weighted by atomic mass is 28.3. The summed E-state index contributed by atoms with van der Waals surface area (Å²) in [6.07, 6.45) is 0.0131. The normalized spacial score (nSPS) is 22.5. The molecule has 0 radical (unpaired) electrons. The average Bonchev–Trinajstić information content (AvgIpc) is 3.14. The fourth-order valence-electron chi connectivity index (χ4n) is 6.79. The van der Waals surface area contributed by atoms with Crippen LogP contribution in [0.3, 0.4) is 0 Å². The van der Waals surface area contributed by atoms with Gasteiger partial charge in [-0.2, -0.15) is 0 Å². The molecule has 5 atom stereocenters. The summed E-state index contributed by atoms with van der Waals surface area (Å²) >= 11 is 0. The predicted octanol–water partition coefficient (Wildman–Crippen LogP) is 6.33. The Bertz CT molecular complexity index is 1760. The van der Waals surface area contributed by atoms with Crippen molar-refractivity contribution in [3.63, 3.8) is 0 Å². The molecule has 1 aliphatic rings. The van der Waals surface area contributed by atoms with Gasteiger partial charge < -0.3 is 29.4 Å². The number of nitrogens with two attached hydrogens (primary N) is 1. The van der Waals surface area contributed by atoms with Crippen molar-refractivity contribution in [3.05, 3.63) is 157 Å². The van der Waals surface area contributed by atoms with Crippen LogP contribution in [-0.2, 0) is 36.9 Å². The van der Waals surface area contributed by atoms with E-state index in [2.05, 4.69) is 110 Å². The second kappa shape index (κ2) is 16.4. The van der Waals surface area contributed by atoms with Crippen molar-refractivity contribution >= 4 is 29.9 Å². The molecule has 50 heavy (non-hydrogen) atoms. The van der Waals surface area contributed by atoms with E-state index < -0.39 is 44.2 Å². The van der Waals surface area contributed by atoms with Gasteiger partial charge >= 0.3 is 0 Å². The molecule has 0 saturated carbocycles. The Morgan fingerprint density at radius 3 is 1.90 bits per heavy atom. The van der Waals surface area contributed by atoms with E-state index in [9.17, 15) is 0 Å². The van der Waals surface area contributed by atoms with E-state index >= 15 is 0 Å². The second-order valence-electron chi connectivity index (χ2n) is 13.9. The Labute approximate surface area is 298 Å². The predicted molar refractivity (Wildman–Crippen MR) is 204 cm³/mol. The highest BCUT2D eigenvalue weighted by molar-refractivity contribution is 6.87. The van der Waals surface area contributed by atoms with Crippen molar-refractivity contribution in [1.82, 2.24) is 0 Å². The number of hydrogen-bond acceptors (Lipinski definition) is 6. The fourth-order valence-corrected chi connectivity index (χ4v) is 10.5. The van der Waals surface area contributed by atoms with Crippen LogP contribution in [0.5, 0.6) is 0 Å². The van der Waals surface area contributed by atoms with Gasteiger partial charge in [-0.05, 0) is 48.7 Å². The van der Waals surface area contributed by atoms with Crippen molar-refractivity contribution in [1.29, 1.82) is 0 Å². The molecule has 0 aromatic heterocycles. The van der Waals surface area contributed by atoms with Crippen LogP contribution < -0.4 is 16.1 Å². The molecule has 7 heteroatoms. The van der Waals surface area contributed by atoms with Crippen molar-refractivity contribution in [2.75, 3.05) is 13.2 Å². The second-order valence-corrected chi connectivity index (χ2v) is 16.9. The molecule has 2 N–H and O–H groups in total. The van der Waals surface area contributed by atoms with Crippen molar-refractivity contribution in [3.8, 4) is 0 Å². The Hall–Kier alpha value is -3.92. The molecule has 260 valence electrons. The van der Waals surface area contributed by atoms with Crippen LogP contribution in [0.25, 0.3) is 10.8 Å². The molecule has 5 aromatic rings. The van der Waals surface area contributed by atoms with Gasteiger partial charge in [-0.15, -0.1) is 6.58 Å². The molecular formula is C43H49NO5Si. The molecule has 0 spiro atoms. The summed E-state index contributed by atoms with van der Waals surface area (Å²) in [6.45, 7) is 11.3. The number of benzene rings is 5. The van der Waals surface area contributed by atoms with Gasteiger partial charge in [0.1, 0.15) is 18.3 Å². The highest BCUT2D eigenvalue weighted by Gasteiger charge is 2.60. The zero-order valence-corrected chi connectivity index (χ0v) is 30.5. The summed E-state index contributed by atoms with van der Waals surface area (Å²) in [6, 6.07) is 45.1. The maximum atomic E-state index is 7.52. The summed E-state index contributed by atoms with van der Waals surface area (Å²) in [5, 5.41) is 4.63. The zero-order chi connectivity index (χ0) is 35.0. The van der Waals surface area contributed by atoms with Crippen molar-refractivity contribution < 1.29 is 23.7 Å². The third-order valence-corrected chi connectivity index (χ3v) is 12.8. The molecular weight excluding hydrogens is 639 g/mol. The first-order chi connectivity index (χ1) is 24.3. The van der Waals surface area contributed by atoms with E-state index in [4.69, 9.17) is 29.4 Å². The fraction of sp³-hybridized carbons (Fsp3) is 0.302. The SMILES string of the molecule is C=CCO[C@]1([SiH](c2ccccc2)c2ccccc2)O[C@@H](COC(C)(C)C)[C@H](OCc2ccc3ccccc3c2)[C@H](OCc2ccccc2)[C@H]1N. The number of fused-ring (bicyclic) bond motifs is 1. The third kappa shape index (κ3) is 8.50. The lowest BCUT2D eigenvalue weighted by molar-refractivity contribution is -0.310. The minimum absolute atomic E-state index is 0.248.